The molecule has 3 rings (SSSR count). The van der Waals surface area contributed by atoms with Gasteiger partial charge in [-0.25, -0.2) is 8.78 Å². The predicted octanol–water partition coefficient (Wildman–Crippen LogP) is 6.27. The van der Waals surface area contributed by atoms with E-state index in [0.717, 1.165) is 18.4 Å². The van der Waals surface area contributed by atoms with Gasteiger partial charge in [0.15, 0.2) is 11.6 Å². The molecule has 1 aliphatic rings. The van der Waals surface area contributed by atoms with E-state index in [4.69, 9.17) is 0 Å². The largest absolute Gasteiger partial charge is 0.256 e. The van der Waals surface area contributed by atoms with Crippen LogP contribution in [0.4, 0.5) is 8.78 Å². The van der Waals surface area contributed by atoms with Gasteiger partial charge < -0.3 is 0 Å². The zero-order chi connectivity index (χ0) is 16.9. The van der Waals surface area contributed by atoms with Crippen molar-refractivity contribution in [1.82, 2.24) is 4.98 Å². The predicted molar refractivity (Wildman–Crippen MR) is 93.7 cm³/mol. The van der Waals surface area contributed by atoms with Crippen LogP contribution < -0.4 is 0 Å². The van der Waals surface area contributed by atoms with Gasteiger partial charge in [-0.1, -0.05) is 25.1 Å². The molecule has 0 amide bonds. The number of allylic oxidation sites excluding steroid dienone is 2. The molecule has 1 aromatic heterocycles. The van der Waals surface area contributed by atoms with Crippen molar-refractivity contribution in [3.8, 4) is 11.3 Å². The lowest BCUT2D eigenvalue weighted by Gasteiger charge is -2.27. The molecule has 1 aromatic carbocycles. The standard InChI is InChI=1S/C21H23F2N/c1-2-3-4-15-5-7-16(8-6-15)18-10-12-21(24-14-18)17-9-11-19(22)20(23)13-17/h3-4,9-16H,2,5-8H2,1H3. The highest BCUT2D eigenvalue weighted by Crippen LogP contribution is 2.36. The molecule has 2 aromatic rings. The van der Waals surface area contributed by atoms with Crippen molar-refractivity contribution in [2.24, 2.45) is 5.92 Å². The zero-order valence-corrected chi connectivity index (χ0v) is 14.0. The first-order valence-electron chi connectivity index (χ1n) is 8.75. The van der Waals surface area contributed by atoms with Gasteiger partial charge in [0.25, 0.3) is 0 Å². The average molecular weight is 327 g/mol. The molecule has 1 fully saturated rings. The van der Waals surface area contributed by atoms with E-state index in [0.29, 0.717) is 17.2 Å². The Balaban J connectivity index is 1.67. The van der Waals surface area contributed by atoms with Crippen LogP contribution in [0.2, 0.25) is 0 Å². The maximum Gasteiger partial charge on any atom is 0.159 e. The third kappa shape index (κ3) is 3.89. The minimum absolute atomic E-state index is 0.558. The smallest absolute Gasteiger partial charge is 0.159 e. The summed E-state index contributed by atoms with van der Waals surface area (Å²) < 4.78 is 26.4. The Bertz CT molecular complexity index is 698. The Labute approximate surface area is 142 Å². The van der Waals surface area contributed by atoms with E-state index in [1.807, 2.05) is 12.3 Å². The average Bonchev–Trinajstić information content (AvgIpc) is 2.63. The highest BCUT2D eigenvalue weighted by molar-refractivity contribution is 5.59. The first kappa shape index (κ1) is 16.8. The van der Waals surface area contributed by atoms with Crippen molar-refractivity contribution in [1.29, 1.82) is 0 Å². The first-order chi connectivity index (χ1) is 11.7. The monoisotopic (exact) mass is 327 g/mol. The molecule has 1 heterocycles. The van der Waals surface area contributed by atoms with E-state index in [9.17, 15) is 8.78 Å². The fourth-order valence-corrected chi connectivity index (χ4v) is 3.45. The fraction of sp³-hybridized carbons (Fsp3) is 0.381. The third-order valence-electron chi connectivity index (χ3n) is 4.89. The molecule has 0 bridgehead atoms. The molecule has 24 heavy (non-hydrogen) atoms. The summed E-state index contributed by atoms with van der Waals surface area (Å²) in [6, 6.07) is 7.89. The number of hydrogen-bond donors (Lipinski definition) is 0. The van der Waals surface area contributed by atoms with E-state index < -0.39 is 11.6 Å². The number of nitrogens with zero attached hydrogens (tertiary/aromatic N) is 1. The summed E-state index contributed by atoms with van der Waals surface area (Å²) in [4.78, 5) is 4.46. The minimum atomic E-state index is -0.836. The van der Waals surface area contributed by atoms with Crippen molar-refractivity contribution in [2.45, 2.75) is 44.9 Å². The Hall–Kier alpha value is -2.03. The molecule has 1 aliphatic carbocycles. The molecule has 0 spiro atoms. The number of halogens is 2. The molecule has 0 aliphatic heterocycles. The Kier molecular flexibility index (Phi) is 5.39. The Morgan fingerprint density at radius 1 is 1.04 bits per heavy atom. The van der Waals surface area contributed by atoms with Gasteiger partial charge in [0, 0.05) is 11.8 Å². The Morgan fingerprint density at radius 2 is 1.83 bits per heavy atom. The van der Waals surface area contributed by atoms with Crippen LogP contribution in [0.5, 0.6) is 0 Å². The molecule has 3 heteroatoms. The van der Waals surface area contributed by atoms with Gasteiger partial charge in [-0.15, -0.1) is 0 Å². The molecule has 0 saturated heterocycles. The normalized spacial score (nSPS) is 21.3. The second-order valence-electron chi connectivity index (χ2n) is 6.55. The second kappa shape index (κ2) is 7.69. The van der Waals surface area contributed by atoms with Crippen molar-refractivity contribution < 1.29 is 8.78 Å². The van der Waals surface area contributed by atoms with Crippen LogP contribution in [0.15, 0.2) is 48.7 Å². The summed E-state index contributed by atoms with van der Waals surface area (Å²) in [7, 11) is 0. The van der Waals surface area contributed by atoms with Crippen LogP contribution in [0, 0.1) is 17.6 Å². The van der Waals surface area contributed by atoms with Gasteiger partial charge in [-0.2, -0.15) is 0 Å². The van der Waals surface area contributed by atoms with Gasteiger partial charge in [0.05, 0.1) is 5.69 Å². The molecule has 1 saturated carbocycles. The van der Waals surface area contributed by atoms with E-state index in [1.165, 1.54) is 37.3 Å². The lowest BCUT2D eigenvalue weighted by molar-refractivity contribution is 0.375. The van der Waals surface area contributed by atoms with Gasteiger partial charge in [0.2, 0.25) is 0 Å². The van der Waals surface area contributed by atoms with Gasteiger partial charge in [-0.05, 0) is 73.8 Å². The summed E-state index contributed by atoms with van der Waals surface area (Å²) in [5.41, 5.74) is 2.53. The lowest BCUT2D eigenvalue weighted by Crippen LogP contribution is -2.12. The number of pyridine rings is 1. The highest BCUT2D eigenvalue weighted by atomic mass is 19.2. The SMILES string of the molecule is CCC=CC1CCC(c2ccc(-c3ccc(F)c(F)c3)nc2)CC1. The van der Waals surface area contributed by atoms with Crippen LogP contribution in [-0.4, -0.2) is 4.98 Å². The van der Waals surface area contributed by atoms with Crippen molar-refractivity contribution in [2.75, 3.05) is 0 Å². The van der Waals surface area contributed by atoms with Crippen LogP contribution in [0.25, 0.3) is 11.3 Å². The van der Waals surface area contributed by atoms with E-state index in [2.05, 4.69) is 30.1 Å². The van der Waals surface area contributed by atoms with Crippen molar-refractivity contribution in [3.05, 3.63) is 65.9 Å². The van der Waals surface area contributed by atoms with Crippen LogP contribution in [0.3, 0.4) is 0 Å². The van der Waals surface area contributed by atoms with Gasteiger partial charge >= 0.3 is 0 Å². The first-order valence-corrected chi connectivity index (χ1v) is 8.75. The fourth-order valence-electron chi connectivity index (χ4n) is 3.45. The van der Waals surface area contributed by atoms with Crippen molar-refractivity contribution >= 4 is 0 Å². The number of hydrogen-bond acceptors (Lipinski definition) is 1. The minimum Gasteiger partial charge on any atom is -0.256 e. The topological polar surface area (TPSA) is 12.9 Å². The molecule has 1 nitrogen and oxygen atoms in total. The number of rotatable bonds is 4. The summed E-state index contributed by atoms with van der Waals surface area (Å²) in [5, 5.41) is 0. The molecular weight excluding hydrogens is 304 g/mol. The van der Waals surface area contributed by atoms with Gasteiger partial charge in [-0.3, -0.25) is 4.98 Å². The highest BCUT2D eigenvalue weighted by Gasteiger charge is 2.21. The zero-order valence-electron chi connectivity index (χ0n) is 14.0. The summed E-state index contributed by atoms with van der Waals surface area (Å²) in [6.45, 7) is 2.17. The maximum absolute atomic E-state index is 13.4. The lowest BCUT2D eigenvalue weighted by atomic mass is 9.79. The van der Waals surface area contributed by atoms with Crippen molar-refractivity contribution in [3.63, 3.8) is 0 Å². The van der Waals surface area contributed by atoms with E-state index >= 15 is 0 Å². The third-order valence-corrected chi connectivity index (χ3v) is 4.89. The maximum atomic E-state index is 13.4. The molecule has 0 atom stereocenters. The molecule has 0 radical (unpaired) electrons. The van der Waals surface area contributed by atoms with Crippen LogP contribution in [0.1, 0.15) is 50.5 Å². The molecule has 126 valence electrons. The van der Waals surface area contributed by atoms with Crippen LogP contribution in [-0.2, 0) is 0 Å². The molecule has 0 N–H and O–H groups in total. The van der Waals surface area contributed by atoms with E-state index in [1.54, 1.807) is 6.07 Å². The van der Waals surface area contributed by atoms with E-state index in [-0.39, 0.29) is 0 Å². The quantitative estimate of drug-likeness (QED) is 0.603. The summed E-state index contributed by atoms with van der Waals surface area (Å²) in [6.07, 6.45) is 12.5. The molecule has 0 unspecified atom stereocenters. The van der Waals surface area contributed by atoms with Crippen LogP contribution >= 0.6 is 0 Å². The van der Waals surface area contributed by atoms with Gasteiger partial charge in [0.1, 0.15) is 0 Å². The number of aromatic nitrogens is 1. The summed E-state index contributed by atoms with van der Waals surface area (Å²) >= 11 is 0. The number of benzene rings is 1. The second-order valence-corrected chi connectivity index (χ2v) is 6.55. The summed E-state index contributed by atoms with van der Waals surface area (Å²) in [5.74, 6) is -0.389. The molecular formula is C21H23F2N. The Morgan fingerprint density at radius 3 is 2.46 bits per heavy atom.